The van der Waals surface area contributed by atoms with Gasteiger partial charge in [0.1, 0.15) is 0 Å². The summed E-state index contributed by atoms with van der Waals surface area (Å²) in [5.41, 5.74) is 0.806. The van der Waals surface area contributed by atoms with Gasteiger partial charge >= 0.3 is 0 Å². The molecule has 2 N–H and O–H groups in total. The van der Waals surface area contributed by atoms with E-state index in [1.54, 1.807) is 6.07 Å². The predicted octanol–water partition coefficient (Wildman–Crippen LogP) is 1.12. The molecule has 24 heavy (non-hydrogen) atoms. The van der Waals surface area contributed by atoms with Crippen LogP contribution < -0.4 is 10.9 Å². The number of ether oxygens (including phenoxy) is 1. The summed E-state index contributed by atoms with van der Waals surface area (Å²) in [4.78, 5) is 29.5. The Hall–Kier alpha value is -2.18. The van der Waals surface area contributed by atoms with Crippen LogP contribution in [0.4, 0.5) is 0 Å². The molecule has 6 nitrogen and oxygen atoms in total. The number of hydrogen-bond acceptors (Lipinski definition) is 4. The number of H-pyrrole nitrogens is 1. The van der Waals surface area contributed by atoms with Crippen molar-refractivity contribution in [2.45, 2.75) is 25.0 Å². The lowest BCUT2D eigenvalue weighted by atomic mass is 10.1. The van der Waals surface area contributed by atoms with Gasteiger partial charge in [0, 0.05) is 36.1 Å². The highest BCUT2D eigenvalue weighted by Gasteiger charge is 2.32. The Morgan fingerprint density at radius 3 is 3.17 bits per heavy atom. The quantitative estimate of drug-likeness (QED) is 0.886. The topological polar surface area (TPSA) is 74.4 Å². The number of nitrogens with one attached hydrogen (secondary N) is 2. The fourth-order valence-electron chi connectivity index (χ4n) is 3.70. The Morgan fingerprint density at radius 1 is 1.38 bits per heavy atom. The maximum absolute atomic E-state index is 12.5. The van der Waals surface area contributed by atoms with Crippen LogP contribution in [0.2, 0.25) is 0 Å². The highest BCUT2D eigenvalue weighted by atomic mass is 16.5. The van der Waals surface area contributed by atoms with Crippen molar-refractivity contribution < 1.29 is 9.53 Å². The van der Waals surface area contributed by atoms with E-state index in [-0.39, 0.29) is 17.6 Å². The first kappa shape index (κ1) is 15.4. The molecule has 1 amide bonds. The molecule has 4 rings (SSSR count). The van der Waals surface area contributed by atoms with E-state index < -0.39 is 0 Å². The minimum Gasteiger partial charge on any atom is -0.373 e. The summed E-state index contributed by atoms with van der Waals surface area (Å²) >= 11 is 0. The Labute approximate surface area is 139 Å². The normalized spacial score (nSPS) is 24.0. The second-order valence-corrected chi connectivity index (χ2v) is 6.55. The molecular weight excluding hydrogens is 306 g/mol. The molecule has 126 valence electrons. The number of pyridine rings is 1. The summed E-state index contributed by atoms with van der Waals surface area (Å²) in [5.74, 6) is -0.232. The highest BCUT2D eigenvalue weighted by molar-refractivity contribution is 6.05. The van der Waals surface area contributed by atoms with E-state index in [0.717, 1.165) is 25.1 Å². The molecule has 2 saturated heterocycles. The number of rotatable bonds is 3. The molecule has 1 aromatic carbocycles. The number of carbonyl (C=O) groups excluding carboxylic acids is 1. The fraction of sp³-hybridized carbons (Fsp3) is 0.444. The molecule has 0 radical (unpaired) electrons. The van der Waals surface area contributed by atoms with E-state index in [0.29, 0.717) is 23.7 Å². The number of amides is 1. The van der Waals surface area contributed by atoms with Crippen molar-refractivity contribution in [3.63, 3.8) is 0 Å². The number of benzene rings is 1. The number of fused-ring (bicyclic) bond motifs is 2. The average molecular weight is 327 g/mol. The summed E-state index contributed by atoms with van der Waals surface area (Å²) in [6.45, 7) is 3.19. The van der Waals surface area contributed by atoms with Gasteiger partial charge < -0.3 is 15.0 Å². The Balaban J connectivity index is 1.46. The van der Waals surface area contributed by atoms with E-state index in [4.69, 9.17) is 4.74 Å². The number of para-hydroxylation sites is 1. The van der Waals surface area contributed by atoms with E-state index in [9.17, 15) is 9.59 Å². The van der Waals surface area contributed by atoms with Crippen molar-refractivity contribution in [1.29, 1.82) is 0 Å². The Bertz CT molecular complexity index is 817. The first-order chi connectivity index (χ1) is 11.7. The number of nitrogens with zero attached hydrogens (tertiary/aromatic N) is 1. The third-order valence-electron chi connectivity index (χ3n) is 4.95. The molecule has 2 aliphatic heterocycles. The van der Waals surface area contributed by atoms with Gasteiger partial charge in [-0.15, -0.1) is 0 Å². The van der Waals surface area contributed by atoms with Gasteiger partial charge in [-0.1, -0.05) is 18.2 Å². The lowest BCUT2D eigenvalue weighted by Gasteiger charge is -2.35. The number of hydrogen-bond donors (Lipinski definition) is 2. The standard InChI is InChI=1S/C18H21N3O3/c22-17-8-15(14-5-1-2-6-16(14)20-17)18(23)19-9-13-10-21-7-3-4-12(21)11-24-13/h1-2,5-6,8,12-13H,3-4,7,9-11H2,(H,19,23)(H,20,22)/t12-,13+/m0/s1. The maximum Gasteiger partial charge on any atom is 0.252 e. The Morgan fingerprint density at radius 2 is 2.25 bits per heavy atom. The molecule has 2 aromatic rings. The molecule has 2 aliphatic rings. The van der Waals surface area contributed by atoms with Crippen molar-refractivity contribution in [3.8, 4) is 0 Å². The van der Waals surface area contributed by atoms with Crippen molar-refractivity contribution >= 4 is 16.8 Å². The molecule has 3 heterocycles. The third-order valence-corrected chi connectivity index (χ3v) is 4.95. The summed E-state index contributed by atoms with van der Waals surface area (Å²) in [7, 11) is 0. The number of aromatic nitrogens is 1. The lowest BCUT2D eigenvalue weighted by molar-refractivity contribution is -0.0461. The van der Waals surface area contributed by atoms with Gasteiger partial charge in [-0.25, -0.2) is 0 Å². The molecule has 0 saturated carbocycles. The van der Waals surface area contributed by atoms with Crippen LogP contribution in [-0.2, 0) is 4.74 Å². The summed E-state index contributed by atoms with van der Waals surface area (Å²) < 4.78 is 5.87. The molecule has 2 atom stereocenters. The average Bonchev–Trinajstić information content (AvgIpc) is 3.06. The molecule has 2 fully saturated rings. The van der Waals surface area contributed by atoms with Crippen LogP contribution in [0.3, 0.4) is 0 Å². The SMILES string of the molecule is O=C(NC[C@@H]1CN2CCC[C@H]2CO1)c1cc(=O)[nH]c2ccccc12. The van der Waals surface area contributed by atoms with Gasteiger partial charge in [0.05, 0.1) is 18.3 Å². The van der Waals surface area contributed by atoms with Crippen LogP contribution in [0.5, 0.6) is 0 Å². The van der Waals surface area contributed by atoms with Crippen LogP contribution in [-0.4, -0.2) is 54.2 Å². The fourth-order valence-corrected chi connectivity index (χ4v) is 3.70. The monoisotopic (exact) mass is 327 g/mol. The lowest BCUT2D eigenvalue weighted by Crippen LogP contribution is -2.50. The molecular formula is C18H21N3O3. The van der Waals surface area contributed by atoms with Gasteiger partial charge in [-0.3, -0.25) is 14.5 Å². The van der Waals surface area contributed by atoms with E-state index in [1.165, 1.54) is 18.9 Å². The van der Waals surface area contributed by atoms with Gasteiger partial charge in [-0.2, -0.15) is 0 Å². The van der Waals surface area contributed by atoms with Crippen molar-refractivity contribution in [3.05, 3.63) is 46.2 Å². The van der Waals surface area contributed by atoms with Gasteiger partial charge in [0.15, 0.2) is 0 Å². The molecule has 0 bridgehead atoms. The zero-order chi connectivity index (χ0) is 16.5. The largest absolute Gasteiger partial charge is 0.373 e. The predicted molar refractivity (Wildman–Crippen MR) is 91.2 cm³/mol. The van der Waals surface area contributed by atoms with E-state index >= 15 is 0 Å². The third kappa shape index (κ3) is 2.95. The maximum atomic E-state index is 12.5. The summed E-state index contributed by atoms with van der Waals surface area (Å²) in [6.07, 6.45) is 2.44. The van der Waals surface area contributed by atoms with Crippen molar-refractivity contribution in [2.24, 2.45) is 0 Å². The van der Waals surface area contributed by atoms with E-state index in [1.807, 2.05) is 18.2 Å². The smallest absolute Gasteiger partial charge is 0.252 e. The first-order valence-corrected chi connectivity index (χ1v) is 8.46. The van der Waals surface area contributed by atoms with E-state index in [2.05, 4.69) is 15.2 Å². The van der Waals surface area contributed by atoms with Crippen molar-refractivity contribution in [2.75, 3.05) is 26.2 Å². The van der Waals surface area contributed by atoms with Crippen molar-refractivity contribution in [1.82, 2.24) is 15.2 Å². The second-order valence-electron chi connectivity index (χ2n) is 6.55. The van der Waals surface area contributed by atoms with Gasteiger partial charge in [0.2, 0.25) is 5.56 Å². The molecule has 0 spiro atoms. The minimum atomic E-state index is -0.271. The minimum absolute atomic E-state index is 0.0107. The van der Waals surface area contributed by atoms with Crippen LogP contribution >= 0.6 is 0 Å². The number of aromatic amines is 1. The Kier molecular flexibility index (Phi) is 4.08. The summed E-state index contributed by atoms with van der Waals surface area (Å²) in [5, 5.41) is 3.67. The van der Waals surface area contributed by atoms with Crippen LogP contribution in [0.25, 0.3) is 10.9 Å². The number of morpholine rings is 1. The highest BCUT2D eigenvalue weighted by Crippen LogP contribution is 2.22. The van der Waals surface area contributed by atoms with Crippen LogP contribution in [0.1, 0.15) is 23.2 Å². The second kappa shape index (κ2) is 6.37. The summed E-state index contributed by atoms with van der Waals surface area (Å²) in [6, 6.07) is 9.23. The zero-order valence-corrected chi connectivity index (χ0v) is 13.5. The first-order valence-electron chi connectivity index (χ1n) is 8.46. The molecule has 1 aromatic heterocycles. The number of carbonyl (C=O) groups is 1. The zero-order valence-electron chi connectivity index (χ0n) is 13.5. The van der Waals surface area contributed by atoms with Crippen LogP contribution in [0.15, 0.2) is 35.1 Å². The van der Waals surface area contributed by atoms with Gasteiger partial charge in [-0.05, 0) is 25.5 Å². The molecule has 0 aliphatic carbocycles. The van der Waals surface area contributed by atoms with Gasteiger partial charge in [0.25, 0.3) is 5.91 Å². The van der Waals surface area contributed by atoms with Crippen LogP contribution in [0, 0.1) is 0 Å². The molecule has 6 heteroatoms. The molecule has 0 unspecified atom stereocenters.